The Morgan fingerprint density at radius 3 is 2.40 bits per heavy atom. The third-order valence-corrected chi connectivity index (χ3v) is 4.79. The zero-order chi connectivity index (χ0) is 19.0. The number of nitrogens with zero attached hydrogens (tertiary/aromatic N) is 1. The van der Waals surface area contributed by atoms with Crippen LogP contribution in [0.15, 0.2) is 35.4 Å². The second-order valence-corrected chi connectivity index (χ2v) is 7.18. The summed E-state index contributed by atoms with van der Waals surface area (Å²) in [6, 6.07) is 3.09. The maximum Gasteiger partial charge on any atom is 0.417 e. The minimum atomic E-state index is -4.85. The molecule has 0 aliphatic carbocycles. The molecule has 3 N–H and O–H groups in total. The van der Waals surface area contributed by atoms with Crippen molar-refractivity contribution in [1.29, 1.82) is 0 Å². The summed E-state index contributed by atoms with van der Waals surface area (Å²) in [7, 11) is -4.50. The molecule has 1 amide bonds. The molecule has 134 valence electrons. The van der Waals surface area contributed by atoms with Gasteiger partial charge >= 0.3 is 6.18 Å². The highest BCUT2D eigenvalue weighted by atomic mass is 35.5. The Morgan fingerprint density at radius 2 is 1.84 bits per heavy atom. The van der Waals surface area contributed by atoms with E-state index in [9.17, 15) is 26.4 Å². The average molecular weight is 414 g/mol. The Bertz CT molecular complexity index is 949. The lowest BCUT2D eigenvalue weighted by Crippen LogP contribution is -2.20. The van der Waals surface area contributed by atoms with Crippen molar-refractivity contribution >= 4 is 44.8 Å². The van der Waals surface area contributed by atoms with Crippen molar-refractivity contribution in [2.24, 2.45) is 5.73 Å². The fraction of sp³-hybridized carbons (Fsp3) is 0.0769. The summed E-state index contributed by atoms with van der Waals surface area (Å²) in [5.41, 5.74) is 2.94. The van der Waals surface area contributed by atoms with Gasteiger partial charge in [0.15, 0.2) is 5.69 Å². The van der Waals surface area contributed by atoms with E-state index in [1.54, 1.807) is 0 Å². The van der Waals surface area contributed by atoms with Gasteiger partial charge in [-0.15, -0.1) is 0 Å². The first-order valence-corrected chi connectivity index (χ1v) is 8.50. The Hall–Kier alpha value is -2.04. The van der Waals surface area contributed by atoms with E-state index in [0.29, 0.717) is 6.07 Å². The number of amides is 1. The van der Waals surface area contributed by atoms with Crippen LogP contribution in [0.3, 0.4) is 0 Å². The van der Waals surface area contributed by atoms with Crippen LogP contribution in [-0.4, -0.2) is 19.3 Å². The molecule has 1 aromatic carbocycles. The van der Waals surface area contributed by atoms with Gasteiger partial charge in [0.1, 0.15) is 0 Å². The van der Waals surface area contributed by atoms with Gasteiger partial charge in [0.05, 0.1) is 26.2 Å². The molecule has 0 bridgehead atoms. The number of nitrogens with two attached hydrogens (primary N) is 1. The second kappa shape index (κ2) is 6.70. The predicted molar refractivity (Wildman–Crippen MR) is 85.0 cm³/mol. The number of carbonyl (C=O) groups is 1. The molecule has 0 radical (unpaired) electrons. The zero-order valence-electron chi connectivity index (χ0n) is 11.9. The van der Waals surface area contributed by atoms with E-state index < -0.39 is 43.3 Å². The van der Waals surface area contributed by atoms with Gasteiger partial charge in [0, 0.05) is 6.20 Å². The van der Waals surface area contributed by atoms with Crippen molar-refractivity contribution in [2.45, 2.75) is 11.1 Å². The summed E-state index contributed by atoms with van der Waals surface area (Å²) in [5, 5.41) is -0.677. The van der Waals surface area contributed by atoms with Gasteiger partial charge in [-0.3, -0.25) is 9.52 Å². The van der Waals surface area contributed by atoms with Crippen molar-refractivity contribution < 1.29 is 26.4 Å². The molecular weight excluding hydrogens is 406 g/mol. The second-order valence-electron chi connectivity index (χ2n) is 4.66. The third-order valence-electron chi connectivity index (χ3n) is 2.89. The van der Waals surface area contributed by atoms with Crippen molar-refractivity contribution in [2.75, 3.05) is 4.72 Å². The molecule has 1 heterocycles. The number of primary amides is 1. The van der Waals surface area contributed by atoms with Gasteiger partial charge in [0.25, 0.3) is 15.9 Å². The van der Waals surface area contributed by atoms with Crippen molar-refractivity contribution in [3.8, 4) is 0 Å². The lowest BCUT2D eigenvalue weighted by molar-refractivity contribution is -0.137. The largest absolute Gasteiger partial charge is 0.417 e. The summed E-state index contributed by atoms with van der Waals surface area (Å²) in [5.74, 6) is -1.05. The fourth-order valence-corrected chi connectivity index (χ4v) is 3.27. The first-order chi connectivity index (χ1) is 11.4. The fourth-order valence-electron chi connectivity index (χ4n) is 1.81. The number of sulfonamides is 1. The molecule has 0 atom stereocenters. The van der Waals surface area contributed by atoms with Crippen LogP contribution in [0.5, 0.6) is 0 Å². The van der Waals surface area contributed by atoms with Gasteiger partial charge in [-0.05, 0) is 24.3 Å². The smallest absolute Gasteiger partial charge is 0.364 e. The Balaban J connectivity index is 2.51. The standard InChI is InChI=1S/C13H8Cl2F3N3O3S/c14-6-3-10(11(12(19)22)20-5-6)21-25(23,24)7-1-2-9(15)8(4-7)13(16,17)18/h1-5,21H,(H2,19,22). The minimum absolute atomic E-state index is 0.0187. The SMILES string of the molecule is NC(=O)c1ncc(Cl)cc1NS(=O)(=O)c1ccc(Cl)c(C(F)(F)F)c1. The van der Waals surface area contributed by atoms with Gasteiger partial charge in [-0.2, -0.15) is 13.2 Å². The lowest BCUT2D eigenvalue weighted by Gasteiger charge is -2.13. The van der Waals surface area contributed by atoms with E-state index in [4.69, 9.17) is 28.9 Å². The zero-order valence-corrected chi connectivity index (χ0v) is 14.3. The lowest BCUT2D eigenvalue weighted by atomic mass is 10.2. The number of anilines is 1. The molecule has 0 unspecified atom stereocenters. The van der Waals surface area contributed by atoms with Gasteiger partial charge < -0.3 is 5.73 Å². The monoisotopic (exact) mass is 413 g/mol. The number of benzene rings is 1. The molecule has 2 rings (SSSR count). The van der Waals surface area contributed by atoms with Crippen LogP contribution in [-0.2, 0) is 16.2 Å². The highest BCUT2D eigenvalue weighted by Gasteiger charge is 2.34. The molecule has 2 aromatic rings. The van der Waals surface area contributed by atoms with Crippen LogP contribution in [0.1, 0.15) is 16.1 Å². The number of pyridine rings is 1. The van der Waals surface area contributed by atoms with E-state index in [1.165, 1.54) is 0 Å². The first-order valence-electron chi connectivity index (χ1n) is 6.27. The normalized spacial score (nSPS) is 12.0. The quantitative estimate of drug-likeness (QED) is 0.802. The van der Waals surface area contributed by atoms with Gasteiger partial charge in [0.2, 0.25) is 0 Å². The molecule has 0 aliphatic heterocycles. The summed E-state index contributed by atoms with van der Waals surface area (Å²) < 4.78 is 65.2. The van der Waals surface area contributed by atoms with Crippen LogP contribution >= 0.6 is 23.2 Å². The number of hydrogen-bond donors (Lipinski definition) is 2. The van der Waals surface area contributed by atoms with E-state index in [-0.39, 0.29) is 10.7 Å². The Kier molecular flexibility index (Phi) is 5.17. The summed E-state index contributed by atoms with van der Waals surface area (Å²) in [6.45, 7) is 0. The summed E-state index contributed by atoms with van der Waals surface area (Å²) >= 11 is 11.1. The van der Waals surface area contributed by atoms with Gasteiger partial charge in [-0.1, -0.05) is 23.2 Å². The molecule has 25 heavy (non-hydrogen) atoms. The highest BCUT2D eigenvalue weighted by molar-refractivity contribution is 7.92. The molecule has 6 nitrogen and oxygen atoms in total. The topological polar surface area (TPSA) is 102 Å². The summed E-state index contributed by atoms with van der Waals surface area (Å²) in [4.78, 5) is 14.2. The van der Waals surface area contributed by atoms with E-state index in [1.807, 2.05) is 4.72 Å². The molecule has 12 heteroatoms. The van der Waals surface area contributed by atoms with Crippen molar-refractivity contribution in [3.05, 3.63) is 51.8 Å². The molecule has 0 spiro atoms. The maximum atomic E-state index is 12.9. The highest BCUT2D eigenvalue weighted by Crippen LogP contribution is 2.36. The maximum absolute atomic E-state index is 12.9. The minimum Gasteiger partial charge on any atom is -0.364 e. The number of nitrogens with one attached hydrogen (secondary N) is 1. The molecule has 0 fully saturated rings. The Labute approximate surface area is 149 Å². The summed E-state index contributed by atoms with van der Waals surface area (Å²) in [6.07, 6.45) is -3.79. The number of aromatic nitrogens is 1. The van der Waals surface area contributed by atoms with Crippen LogP contribution in [0, 0.1) is 0 Å². The van der Waals surface area contributed by atoms with Crippen LogP contribution in [0.25, 0.3) is 0 Å². The number of hydrogen-bond acceptors (Lipinski definition) is 4. The molecule has 0 saturated carbocycles. The first kappa shape index (κ1) is 19.3. The predicted octanol–water partition coefficient (Wildman–Crippen LogP) is 3.31. The molecule has 0 aliphatic rings. The molecule has 0 saturated heterocycles. The Morgan fingerprint density at radius 1 is 1.20 bits per heavy atom. The van der Waals surface area contributed by atoms with Crippen LogP contribution in [0.2, 0.25) is 10.0 Å². The van der Waals surface area contributed by atoms with Crippen LogP contribution < -0.4 is 10.5 Å². The number of carbonyl (C=O) groups excluding carboxylic acids is 1. The van der Waals surface area contributed by atoms with Crippen LogP contribution in [0.4, 0.5) is 18.9 Å². The number of halogens is 5. The van der Waals surface area contributed by atoms with E-state index in [2.05, 4.69) is 4.98 Å². The van der Waals surface area contributed by atoms with E-state index in [0.717, 1.165) is 24.4 Å². The average Bonchev–Trinajstić information content (AvgIpc) is 2.45. The molecule has 1 aromatic heterocycles. The van der Waals surface area contributed by atoms with Crippen molar-refractivity contribution in [1.82, 2.24) is 4.98 Å². The third kappa shape index (κ3) is 4.33. The van der Waals surface area contributed by atoms with E-state index >= 15 is 0 Å². The van der Waals surface area contributed by atoms with Crippen molar-refractivity contribution in [3.63, 3.8) is 0 Å². The molecular formula is C13H8Cl2F3N3O3S. The van der Waals surface area contributed by atoms with Gasteiger partial charge in [-0.25, -0.2) is 13.4 Å². The number of alkyl halides is 3. The number of rotatable bonds is 4.